The second kappa shape index (κ2) is 4.66. The van der Waals surface area contributed by atoms with Crippen molar-refractivity contribution in [3.8, 4) is 0 Å². The van der Waals surface area contributed by atoms with E-state index >= 15 is 0 Å². The Morgan fingerprint density at radius 3 is 2.18 bits per heavy atom. The van der Waals surface area contributed by atoms with Crippen LogP contribution in [0.3, 0.4) is 0 Å². The lowest BCUT2D eigenvalue weighted by molar-refractivity contribution is -0.131. The number of carbonyl (C=O) groups is 1. The van der Waals surface area contributed by atoms with Gasteiger partial charge in [0.25, 0.3) is 0 Å². The van der Waals surface area contributed by atoms with E-state index < -0.39 is 24.2 Å². The molecule has 3 nitrogen and oxygen atoms in total. The fourth-order valence-corrected chi connectivity index (χ4v) is 2.39. The van der Waals surface area contributed by atoms with Gasteiger partial charge in [-0.3, -0.25) is 4.79 Å². The lowest BCUT2D eigenvalue weighted by atomic mass is 10.1. The van der Waals surface area contributed by atoms with Crippen molar-refractivity contribution in [2.45, 2.75) is 57.2 Å². The van der Waals surface area contributed by atoms with Crippen molar-refractivity contribution in [2.75, 3.05) is 0 Å². The number of amides is 1. The maximum Gasteiger partial charge on any atom is 0.431 e. The van der Waals surface area contributed by atoms with Gasteiger partial charge in [0.15, 0.2) is 5.71 Å². The molecule has 1 saturated carbocycles. The number of hydrazone groups is 1. The van der Waals surface area contributed by atoms with Crippen LogP contribution in [0.4, 0.5) is 13.2 Å². The zero-order chi connectivity index (χ0) is 12.5. The molecule has 0 aromatic rings. The molecular weight excluding hydrogens is 233 g/mol. The predicted molar refractivity (Wildman–Crippen MR) is 56.4 cm³/mol. The van der Waals surface area contributed by atoms with Crippen LogP contribution >= 0.6 is 0 Å². The fourth-order valence-electron chi connectivity index (χ4n) is 2.39. The van der Waals surface area contributed by atoms with Crippen LogP contribution in [0, 0.1) is 0 Å². The van der Waals surface area contributed by atoms with Crippen molar-refractivity contribution < 1.29 is 18.0 Å². The van der Waals surface area contributed by atoms with Gasteiger partial charge >= 0.3 is 6.18 Å². The second-order valence-corrected chi connectivity index (χ2v) is 4.60. The van der Waals surface area contributed by atoms with Crippen LogP contribution in [0.1, 0.15) is 44.9 Å². The van der Waals surface area contributed by atoms with Gasteiger partial charge in [0, 0.05) is 0 Å². The third-order valence-electron chi connectivity index (χ3n) is 3.30. The smallest absolute Gasteiger partial charge is 0.273 e. The first kappa shape index (κ1) is 12.4. The van der Waals surface area contributed by atoms with Crippen molar-refractivity contribution in [3.05, 3.63) is 0 Å². The van der Waals surface area contributed by atoms with Gasteiger partial charge in [-0.05, 0) is 12.8 Å². The Hall–Kier alpha value is -1.07. The number of carbonyl (C=O) groups excluding carboxylic acids is 1. The summed E-state index contributed by atoms with van der Waals surface area (Å²) >= 11 is 0. The van der Waals surface area contributed by atoms with Crippen molar-refractivity contribution in [1.82, 2.24) is 5.01 Å². The van der Waals surface area contributed by atoms with E-state index in [0.717, 1.165) is 43.5 Å². The number of alkyl halides is 3. The van der Waals surface area contributed by atoms with Crippen LogP contribution in [0.5, 0.6) is 0 Å². The zero-order valence-corrected chi connectivity index (χ0v) is 9.46. The van der Waals surface area contributed by atoms with Gasteiger partial charge in [-0.1, -0.05) is 25.7 Å². The third kappa shape index (κ3) is 2.79. The van der Waals surface area contributed by atoms with Gasteiger partial charge in [0.05, 0.1) is 12.5 Å². The lowest BCUT2D eigenvalue weighted by Gasteiger charge is -2.22. The minimum absolute atomic E-state index is 0.134. The molecule has 6 heteroatoms. The van der Waals surface area contributed by atoms with Crippen molar-refractivity contribution in [2.24, 2.45) is 5.10 Å². The molecule has 1 fully saturated rings. The van der Waals surface area contributed by atoms with Crippen molar-refractivity contribution in [1.29, 1.82) is 0 Å². The SMILES string of the molecule is O=C1CC(C(F)(F)F)=NN1C1CCCCCC1. The molecule has 1 aliphatic heterocycles. The maximum atomic E-state index is 12.4. The van der Waals surface area contributed by atoms with Crippen molar-refractivity contribution >= 4 is 11.6 Å². The lowest BCUT2D eigenvalue weighted by Crippen LogP contribution is -2.32. The molecule has 0 aromatic carbocycles. The van der Waals surface area contributed by atoms with Crippen LogP contribution in [-0.4, -0.2) is 28.8 Å². The summed E-state index contributed by atoms with van der Waals surface area (Å²) in [7, 11) is 0. The number of hydrogen-bond donors (Lipinski definition) is 0. The molecule has 0 atom stereocenters. The Balaban J connectivity index is 2.09. The molecule has 0 saturated heterocycles. The third-order valence-corrected chi connectivity index (χ3v) is 3.30. The van der Waals surface area contributed by atoms with Crippen molar-refractivity contribution in [3.63, 3.8) is 0 Å². The highest BCUT2D eigenvalue weighted by Gasteiger charge is 2.43. The second-order valence-electron chi connectivity index (χ2n) is 4.60. The highest BCUT2D eigenvalue weighted by atomic mass is 19.4. The summed E-state index contributed by atoms with van der Waals surface area (Å²) in [6.07, 6.45) is 0.565. The Morgan fingerprint density at radius 1 is 1.12 bits per heavy atom. The molecule has 96 valence electrons. The maximum absolute atomic E-state index is 12.4. The average molecular weight is 248 g/mol. The van der Waals surface area contributed by atoms with E-state index in [9.17, 15) is 18.0 Å². The first-order chi connectivity index (χ1) is 7.98. The van der Waals surface area contributed by atoms with Crippen LogP contribution in [0.25, 0.3) is 0 Å². The van der Waals surface area contributed by atoms with E-state index in [0.29, 0.717) is 0 Å². The van der Waals surface area contributed by atoms with Gasteiger partial charge in [-0.25, -0.2) is 5.01 Å². The number of nitrogens with zero attached hydrogens (tertiary/aromatic N) is 2. The Morgan fingerprint density at radius 2 is 1.71 bits per heavy atom. The topological polar surface area (TPSA) is 32.7 Å². The Kier molecular flexibility index (Phi) is 3.40. The summed E-state index contributed by atoms with van der Waals surface area (Å²) in [6.45, 7) is 0. The predicted octanol–water partition coefficient (Wildman–Crippen LogP) is 2.86. The van der Waals surface area contributed by atoms with E-state index in [2.05, 4.69) is 5.10 Å². The average Bonchev–Trinajstić information content (AvgIpc) is 2.50. The molecule has 1 aliphatic carbocycles. The molecular formula is C11H15F3N2O. The van der Waals surface area contributed by atoms with Gasteiger partial charge in [-0.2, -0.15) is 18.3 Å². The van der Waals surface area contributed by atoms with Gasteiger partial charge < -0.3 is 0 Å². The monoisotopic (exact) mass is 248 g/mol. The molecule has 0 bridgehead atoms. The van der Waals surface area contributed by atoms with E-state index in [1.165, 1.54) is 0 Å². The highest BCUT2D eigenvalue weighted by Crippen LogP contribution is 2.29. The molecule has 2 rings (SSSR count). The minimum Gasteiger partial charge on any atom is -0.273 e. The molecule has 0 N–H and O–H groups in total. The first-order valence-electron chi connectivity index (χ1n) is 5.95. The molecule has 1 amide bonds. The molecule has 17 heavy (non-hydrogen) atoms. The zero-order valence-electron chi connectivity index (χ0n) is 9.46. The van der Waals surface area contributed by atoms with E-state index in [1.54, 1.807) is 0 Å². The Bertz CT molecular complexity index is 330. The van der Waals surface area contributed by atoms with Crippen LogP contribution in [-0.2, 0) is 4.79 Å². The van der Waals surface area contributed by atoms with Gasteiger partial charge in [-0.15, -0.1) is 0 Å². The largest absolute Gasteiger partial charge is 0.431 e. The van der Waals surface area contributed by atoms with Gasteiger partial charge in [0.1, 0.15) is 0 Å². The summed E-state index contributed by atoms with van der Waals surface area (Å²) in [5, 5.41) is 4.56. The number of rotatable bonds is 1. The fraction of sp³-hybridized carbons (Fsp3) is 0.818. The summed E-state index contributed by atoms with van der Waals surface area (Å²) in [4.78, 5) is 11.6. The normalized spacial score (nSPS) is 23.8. The summed E-state index contributed by atoms with van der Waals surface area (Å²) in [5.74, 6) is -0.510. The summed E-state index contributed by atoms with van der Waals surface area (Å²) in [6, 6.07) is -0.134. The van der Waals surface area contributed by atoms with E-state index in [4.69, 9.17) is 0 Å². The molecule has 0 aromatic heterocycles. The Labute approximate surface area is 97.7 Å². The van der Waals surface area contributed by atoms with Gasteiger partial charge in [0.2, 0.25) is 5.91 Å². The minimum atomic E-state index is -4.48. The molecule has 0 spiro atoms. The van der Waals surface area contributed by atoms with Crippen LogP contribution in [0.2, 0.25) is 0 Å². The van der Waals surface area contributed by atoms with E-state index in [-0.39, 0.29) is 6.04 Å². The molecule has 0 radical (unpaired) electrons. The quantitative estimate of drug-likeness (QED) is 0.657. The summed E-state index contributed by atoms with van der Waals surface area (Å²) < 4.78 is 37.3. The molecule has 2 aliphatic rings. The highest BCUT2D eigenvalue weighted by molar-refractivity contribution is 6.07. The molecule has 1 heterocycles. The molecule has 0 unspecified atom stereocenters. The summed E-state index contributed by atoms with van der Waals surface area (Å²) in [5.41, 5.74) is -0.952. The number of halogens is 3. The first-order valence-corrected chi connectivity index (χ1v) is 5.95. The van der Waals surface area contributed by atoms with Crippen LogP contribution < -0.4 is 0 Å². The van der Waals surface area contributed by atoms with Crippen LogP contribution in [0.15, 0.2) is 5.10 Å². The van der Waals surface area contributed by atoms with E-state index in [1.807, 2.05) is 0 Å². The number of hydrogen-bond acceptors (Lipinski definition) is 2. The standard InChI is InChI=1S/C11H15F3N2O/c12-11(13,14)9-7-10(17)16(15-9)8-5-3-1-2-4-6-8/h8H,1-7H2.